The van der Waals surface area contributed by atoms with Crippen molar-refractivity contribution in [2.75, 3.05) is 19.6 Å². The van der Waals surface area contributed by atoms with E-state index in [0.717, 1.165) is 13.1 Å². The van der Waals surface area contributed by atoms with Gasteiger partial charge in [-0.05, 0) is 27.3 Å². The summed E-state index contributed by atoms with van der Waals surface area (Å²) in [5.41, 5.74) is 0. The Morgan fingerprint density at radius 3 is 2.12 bits per heavy atom. The molecule has 0 aliphatic carbocycles. The Morgan fingerprint density at radius 1 is 1.19 bits per heavy atom. The predicted molar refractivity (Wildman–Crippen MR) is 60.5 cm³/mol. The van der Waals surface area contributed by atoms with Crippen LogP contribution in [0.15, 0.2) is 0 Å². The lowest BCUT2D eigenvalue weighted by atomic mass is 10.2. The monoisotopic (exact) mass is 240 g/mol. The average Bonchev–Trinajstić information content (AvgIpc) is 2.08. The zero-order valence-corrected chi connectivity index (χ0v) is 10.6. The molecular weight excluding hydrogens is 217 g/mol. The second-order valence-electron chi connectivity index (χ2n) is 4.40. The van der Waals surface area contributed by atoms with Gasteiger partial charge in [-0.25, -0.2) is 0 Å². The van der Waals surface area contributed by atoms with E-state index in [9.17, 15) is 13.2 Å². The van der Waals surface area contributed by atoms with Gasteiger partial charge in [-0.2, -0.15) is 13.2 Å². The standard InChI is InChI=1S/C11H23F3N2/c1-5-16(9(2)3)7-6-15-10(4)8-11(12,13)14/h9-10,15H,5-8H2,1-4H3. The number of rotatable bonds is 7. The number of alkyl halides is 3. The zero-order chi connectivity index (χ0) is 12.8. The fourth-order valence-electron chi connectivity index (χ4n) is 1.66. The Morgan fingerprint density at radius 2 is 1.75 bits per heavy atom. The molecule has 0 aromatic carbocycles. The SMILES string of the molecule is CCN(CCNC(C)CC(F)(F)F)C(C)C. The molecule has 0 saturated carbocycles. The molecule has 1 N–H and O–H groups in total. The minimum absolute atomic E-state index is 0.435. The van der Waals surface area contributed by atoms with E-state index in [4.69, 9.17) is 0 Å². The molecule has 0 rings (SSSR count). The molecule has 0 aliphatic heterocycles. The van der Waals surface area contributed by atoms with Crippen molar-refractivity contribution in [3.63, 3.8) is 0 Å². The summed E-state index contributed by atoms with van der Waals surface area (Å²) < 4.78 is 36.1. The van der Waals surface area contributed by atoms with Crippen molar-refractivity contribution >= 4 is 0 Å². The minimum atomic E-state index is -4.07. The molecule has 1 unspecified atom stereocenters. The van der Waals surface area contributed by atoms with Gasteiger partial charge in [0, 0.05) is 25.2 Å². The van der Waals surface area contributed by atoms with Crippen LogP contribution < -0.4 is 5.32 Å². The van der Waals surface area contributed by atoms with Crippen molar-refractivity contribution in [2.45, 2.75) is 52.4 Å². The Bertz CT molecular complexity index is 181. The molecule has 16 heavy (non-hydrogen) atoms. The van der Waals surface area contributed by atoms with Crippen molar-refractivity contribution in [1.29, 1.82) is 0 Å². The van der Waals surface area contributed by atoms with E-state index < -0.39 is 18.6 Å². The molecule has 0 bridgehead atoms. The lowest BCUT2D eigenvalue weighted by Gasteiger charge is -2.25. The highest BCUT2D eigenvalue weighted by Gasteiger charge is 2.29. The maximum atomic E-state index is 12.0. The summed E-state index contributed by atoms with van der Waals surface area (Å²) in [7, 11) is 0. The molecule has 1 atom stereocenters. The molecule has 0 radical (unpaired) electrons. The molecule has 0 saturated heterocycles. The van der Waals surface area contributed by atoms with Crippen LogP contribution in [0.1, 0.15) is 34.1 Å². The van der Waals surface area contributed by atoms with Crippen LogP contribution in [0.4, 0.5) is 13.2 Å². The van der Waals surface area contributed by atoms with Crippen molar-refractivity contribution in [2.24, 2.45) is 0 Å². The Balaban J connectivity index is 3.72. The van der Waals surface area contributed by atoms with Crippen LogP contribution in [0.3, 0.4) is 0 Å². The average molecular weight is 240 g/mol. The third-order valence-corrected chi connectivity index (χ3v) is 2.57. The molecule has 0 amide bonds. The van der Waals surface area contributed by atoms with Crippen LogP contribution >= 0.6 is 0 Å². The Labute approximate surface area is 96.2 Å². The first-order valence-electron chi connectivity index (χ1n) is 5.80. The largest absolute Gasteiger partial charge is 0.390 e. The summed E-state index contributed by atoms with van der Waals surface area (Å²) in [5.74, 6) is 0. The van der Waals surface area contributed by atoms with Gasteiger partial charge in [0.1, 0.15) is 0 Å². The fraction of sp³-hybridized carbons (Fsp3) is 1.00. The van der Waals surface area contributed by atoms with Gasteiger partial charge >= 0.3 is 6.18 Å². The van der Waals surface area contributed by atoms with Gasteiger partial charge in [0.05, 0.1) is 6.42 Å². The summed E-state index contributed by atoms with van der Waals surface area (Å²) >= 11 is 0. The number of hydrogen-bond acceptors (Lipinski definition) is 2. The molecule has 0 heterocycles. The van der Waals surface area contributed by atoms with Gasteiger partial charge in [0.25, 0.3) is 0 Å². The normalized spacial score (nSPS) is 14.8. The van der Waals surface area contributed by atoms with Crippen molar-refractivity contribution in [3.8, 4) is 0 Å². The first kappa shape index (κ1) is 15.7. The second-order valence-corrected chi connectivity index (χ2v) is 4.40. The lowest BCUT2D eigenvalue weighted by Crippen LogP contribution is -2.40. The van der Waals surface area contributed by atoms with Crippen LogP contribution in [0.25, 0.3) is 0 Å². The quantitative estimate of drug-likeness (QED) is 0.736. The first-order valence-corrected chi connectivity index (χ1v) is 5.80. The molecule has 0 aliphatic rings. The zero-order valence-electron chi connectivity index (χ0n) is 10.6. The number of halogens is 3. The van der Waals surface area contributed by atoms with Gasteiger partial charge < -0.3 is 5.32 Å². The van der Waals surface area contributed by atoms with Crippen LogP contribution in [0, 0.1) is 0 Å². The summed E-state index contributed by atoms with van der Waals surface area (Å²) in [6.45, 7) is 10.1. The van der Waals surface area contributed by atoms with Gasteiger partial charge in [-0.3, -0.25) is 4.90 Å². The summed E-state index contributed by atoms with van der Waals surface area (Å²) in [5, 5.41) is 2.90. The van der Waals surface area contributed by atoms with Gasteiger partial charge in [-0.15, -0.1) is 0 Å². The van der Waals surface area contributed by atoms with Crippen LogP contribution in [-0.2, 0) is 0 Å². The third-order valence-electron chi connectivity index (χ3n) is 2.57. The molecular formula is C11H23F3N2. The maximum Gasteiger partial charge on any atom is 0.390 e. The van der Waals surface area contributed by atoms with Crippen molar-refractivity contribution in [1.82, 2.24) is 10.2 Å². The number of nitrogens with zero attached hydrogens (tertiary/aromatic N) is 1. The number of likely N-dealkylation sites (N-methyl/N-ethyl adjacent to an activating group) is 1. The highest BCUT2D eigenvalue weighted by molar-refractivity contribution is 4.68. The van der Waals surface area contributed by atoms with E-state index in [-0.39, 0.29) is 0 Å². The van der Waals surface area contributed by atoms with Crippen LogP contribution in [0.2, 0.25) is 0 Å². The van der Waals surface area contributed by atoms with E-state index in [1.54, 1.807) is 6.92 Å². The molecule has 5 heteroatoms. The number of nitrogens with one attached hydrogen (secondary N) is 1. The highest BCUT2D eigenvalue weighted by Crippen LogP contribution is 2.21. The van der Waals surface area contributed by atoms with Crippen LogP contribution in [0.5, 0.6) is 0 Å². The van der Waals surface area contributed by atoms with E-state index in [1.807, 2.05) is 0 Å². The second kappa shape index (κ2) is 7.12. The summed E-state index contributed by atoms with van der Waals surface area (Å²) in [6, 6.07) is -0.0735. The Kier molecular flexibility index (Phi) is 6.99. The summed E-state index contributed by atoms with van der Waals surface area (Å²) in [4.78, 5) is 2.22. The molecule has 2 nitrogen and oxygen atoms in total. The maximum absolute atomic E-state index is 12.0. The molecule has 98 valence electrons. The first-order chi connectivity index (χ1) is 7.26. The third kappa shape index (κ3) is 7.93. The smallest absolute Gasteiger partial charge is 0.313 e. The topological polar surface area (TPSA) is 15.3 Å². The number of hydrogen-bond donors (Lipinski definition) is 1. The Hall–Kier alpha value is -0.290. The van der Waals surface area contributed by atoms with E-state index in [0.29, 0.717) is 12.6 Å². The lowest BCUT2D eigenvalue weighted by molar-refractivity contribution is -0.139. The fourth-order valence-corrected chi connectivity index (χ4v) is 1.66. The minimum Gasteiger partial charge on any atom is -0.313 e. The van der Waals surface area contributed by atoms with Gasteiger partial charge in [0.15, 0.2) is 0 Å². The predicted octanol–water partition coefficient (Wildman–Crippen LogP) is 2.65. The van der Waals surface area contributed by atoms with E-state index in [2.05, 4.69) is 31.0 Å². The van der Waals surface area contributed by atoms with Crippen LogP contribution in [-0.4, -0.2) is 42.8 Å². The molecule has 0 fully saturated rings. The highest BCUT2D eigenvalue weighted by atomic mass is 19.4. The van der Waals surface area contributed by atoms with E-state index >= 15 is 0 Å². The molecule has 0 aromatic heterocycles. The molecule has 0 spiro atoms. The van der Waals surface area contributed by atoms with Gasteiger partial charge in [-0.1, -0.05) is 6.92 Å². The summed E-state index contributed by atoms with van der Waals surface area (Å²) in [6.07, 6.45) is -4.84. The van der Waals surface area contributed by atoms with Crippen molar-refractivity contribution in [3.05, 3.63) is 0 Å². The van der Waals surface area contributed by atoms with Gasteiger partial charge in [0.2, 0.25) is 0 Å². The van der Waals surface area contributed by atoms with E-state index in [1.165, 1.54) is 0 Å². The van der Waals surface area contributed by atoms with Crippen molar-refractivity contribution < 1.29 is 13.2 Å². The molecule has 0 aromatic rings.